The highest BCUT2D eigenvalue weighted by atomic mass is 79.9. The average Bonchev–Trinajstić information content (AvgIpc) is 2.24. The van der Waals surface area contributed by atoms with E-state index in [0.717, 1.165) is 12.5 Å². The lowest BCUT2D eigenvalue weighted by Gasteiger charge is -2.26. The first kappa shape index (κ1) is 16.9. The normalized spacial score (nSPS) is 13.8. The first-order valence-corrected chi connectivity index (χ1v) is 11.7. The lowest BCUT2D eigenvalue weighted by molar-refractivity contribution is 0.472. The number of hydrogen-bond acceptors (Lipinski definition) is 1. The highest BCUT2D eigenvalue weighted by Gasteiger charge is 2.20. The molecule has 0 aromatic heterocycles. The van der Waals surface area contributed by atoms with Gasteiger partial charge in [0.15, 0.2) is 0 Å². The van der Waals surface area contributed by atoms with Crippen molar-refractivity contribution in [3.8, 4) is 0 Å². The predicted molar refractivity (Wildman–Crippen MR) is 92.6 cm³/mol. The summed E-state index contributed by atoms with van der Waals surface area (Å²) in [4.78, 5) is 0. The molecule has 0 radical (unpaired) electrons. The molecule has 1 unspecified atom stereocenters. The van der Waals surface area contributed by atoms with Gasteiger partial charge in [0.1, 0.15) is 0 Å². The maximum atomic E-state index is 3.61. The van der Waals surface area contributed by atoms with Crippen LogP contribution in [0.15, 0.2) is 28.7 Å². The zero-order chi connectivity index (χ0) is 14.5. The van der Waals surface area contributed by atoms with Crippen LogP contribution >= 0.6 is 15.9 Å². The maximum absolute atomic E-state index is 3.61. The molecule has 0 aliphatic heterocycles. The molecule has 0 heterocycles. The molecule has 108 valence electrons. The van der Waals surface area contributed by atoms with Crippen molar-refractivity contribution < 1.29 is 0 Å². The van der Waals surface area contributed by atoms with E-state index in [-0.39, 0.29) is 0 Å². The second-order valence-electron chi connectivity index (χ2n) is 7.03. The van der Waals surface area contributed by atoms with E-state index in [1.165, 1.54) is 22.5 Å². The third-order valence-corrected chi connectivity index (χ3v) is 5.42. The van der Waals surface area contributed by atoms with E-state index in [2.05, 4.69) is 79.0 Å². The number of nitrogens with one attached hydrogen (secondary N) is 1. The van der Waals surface area contributed by atoms with Crippen LogP contribution in [0.4, 0.5) is 0 Å². The molecule has 1 aromatic rings. The first-order valence-electron chi connectivity index (χ1n) is 7.24. The molecule has 1 nitrogen and oxygen atoms in total. The minimum Gasteiger partial charge on any atom is -0.314 e. The summed E-state index contributed by atoms with van der Waals surface area (Å²) >= 11 is 3.57. The van der Waals surface area contributed by atoms with Gasteiger partial charge in [-0.3, -0.25) is 0 Å². The quantitative estimate of drug-likeness (QED) is 0.692. The van der Waals surface area contributed by atoms with Gasteiger partial charge in [-0.1, -0.05) is 67.6 Å². The number of halogens is 1. The fourth-order valence-corrected chi connectivity index (χ4v) is 4.95. The van der Waals surface area contributed by atoms with Crippen molar-refractivity contribution >= 4 is 24.0 Å². The number of rotatable bonds is 7. The van der Waals surface area contributed by atoms with E-state index >= 15 is 0 Å². The van der Waals surface area contributed by atoms with Crippen LogP contribution < -0.4 is 5.32 Å². The largest absolute Gasteiger partial charge is 0.314 e. The summed E-state index contributed by atoms with van der Waals surface area (Å²) in [6, 6.07) is 10.7. The average molecular weight is 342 g/mol. The van der Waals surface area contributed by atoms with Crippen molar-refractivity contribution in [2.24, 2.45) is 5.92 Å². The highest BCUT2D eigenvalue weighted by Crippen LogP contribution is 2.22. The van der Waals surface area contributed by atoms with E-state index in [1.807, 2.05) is 0 Å². The minimum absolute atomic E-state index is 0.576. The Morgan fingerprint density at radius 1 is 1.21 bits per heavy atom. The third kappa shape index (κ3) is 7.90. The number of hydrogen-bond donors (Lipinski definition) is 1. The van der Waals surface area contributed by atoms with Gasteiger partial charge in [-0.15, -0.1) is 0 Å². The number of benzene rings is 1. The topological polar surface area (TPSA) is 12.0 Å². The molecule has 1 rings (SSSR count). The molecular weight excluding hydrogens is 314 g/mol. The van der Waals surface area contributed by atoms with Crippen molar-refractivity contribution in [2.75, 3.05) is 6.54 Å². The molecule has 19 heavy (non-hydrogen) atoms. The van der Waals surface area contributed by atoms with E-state index < -0.39 is 8.07 Å². The molecular formula is C16H28BrNSi. The van der Waals surface area contributed by atoms with Crippen LogP contribution in [-0.4, -0.2) is 20.7 Å². The third-order valence-electron chi connectivity index (χ3n) is 3.13. The molecule has 0 saturated carbocycles. The Labute approximate surface area is 128 Å². The van der Waals surface area contributed by atoms with Gasteiger partial charge in [-0.25, -0.2) is 0 Å². The van der Waals surface area contributed by atoms with Crippen LogP contribution in [-0.2, 0) is 6.42 Å². The van der Waals surface area contributed by atoms with Crippen LogP contribution in [0.2, 0.25) is 25.7 Å². The van der Waals surface area contributed by atoms with Crippen LogP contribution in [0.3, 0.4) is 0 Å². The van der Waals surface area contributed by atoms with Gasteiger partial charge in [-0.05, 0) is 36.6 Å². The van der Waals surface area contributed by atoms with Gasteiger partial charge < -0.3 is 5.32 Å². The van der Waals surface area contributed by atoms with Crippen molar-refractivity contribution in [2.45, 2.75) is 52.0 Å². The zero-order valence-electron chi connectivity index (χ0n) is 13.0. The molecule has 0 spiro atoms. The summed E-state index contributed by atoms with van der Waals surface area (Å²) in [5.74, 6) is 0.753. The Hall–Kier alpha value is -0.123. The van der Waals surface area contributed by atoms with Gasteiger partial charge in [0.05, 0.1) is 0 Å². The minimum atomic E-state index is -1.01. The van der Waals surface area contributed by atoms with E-state index in [9.17, 15) is 0 Å². The molecule has 0 fully saturated rings. The maximum Gasteiger partial charge on any atom is 0.0446 e. The molecule has 1 aromatic carbocycles. The molecule has 0 saturated heterocycles. The van der Waals surface area contributed by atoms with Gasteiger partial charge >= 0.3 is 0 Å². The van der Waals surface area contributed by atoms with Gasteiger partial charge in [0.25, 0.3) is 0 Å². The van der Waals surface area contributed by atoms with Crippen molar-refractivity contribution in [1.29, 1.82) is 0 Å². The molecule has 1 N–H and O–H groups in total. The lowest BCUT2D eigenvalue weighted by Crippen LogP contribution is -2.34. The van der Waals surface area contributed by atoms with E-state index in [1.54, 1.807) is 0 Å². The van der Waals surface area contributed by atoms with Crippen LogP contribution in [0, 0.1) is 5.92 Å². The second-order valence-corrected chi connectivity index (χ2v) is 13.5. The Kier molecular flexibility index (Phi) is 6.78. The lowest BCUT2D eigenvalue weighted by atomic mass is 10.0. The molecule has 3 heteroatoms. The van der Waals surface area contributed by atoms with Crippen LogP contribution in [0.1, 0.15) is 19.4 Å². The summed E-state index contributed by atoms with van der Waals surface area (Å²) in [5, 5.41) is 3.61. The van der Waals surface area contributed by atoms with E-state index in [4.69, 9.17) is 0 Å². The van der Waals surface area contributed by atoms with Crippen LogP contribution in [0.5, 0.6) is 0 Å². The van der Waals surface area contributed by atoms with E-state index in [0.29, 0.717) is 6.04 Å². The van der Waals surface area contributed by atoms with Crippen molar-refractivity contribution in [3.05, 3.63) is 34.3 Å². The summed E-state index contributed by atoms with van der Waals surface area (Å²) in [6.45, 7) is 13.0. The summed E-state index contributed by atoms with van der Waals surface area (Å²) in [7, 11) is -1.01. The molecule has 0 aliphatic carbocycles. The van der Waals surface area contributed by atoms with Gasteiger partial charge in [0, 0.05) is 18.6 Å². The Bertz CT molecular complexity index is 385. The monoisotopic (exact) mass is 341 g/mol. The second kappa shape index (κ2) is 7.60. The summed E-state index contributed by atoms with van der Waals surface area (Å²) < 4.78 is 1.19. The van der Waals surface area contributed by atoms with Gasteiger partial charge in [0.2, 0.25) is 0 Å². The van der Waals surface area contributed by atoms with Gasteiger partial charge in [-0.2, -0.15) is 0 Å². The fraction of sp³-hybridized carbons (Fsp3) is 0.625. The molecule has 0 bridgehead atoms. The van der Waals surface area contributed by atoms with Crippen LogP contribution in [0.25, 0.3) is 0 Å². The molecule has 1 atom stereocenters. The molecule has 0 amide bonds. The Morgan fingerprint density at radius 3 is 2.42 bits per heavy atom. The summed E-state index contributed by atoms with van der Waals surface area (Å²) in [6.07, 6.45) is 1.18. The fourth-order valence-electron chi connectivity index (χ4n) is 2.48. The van der Waals surface area contributed by atoms with Crippen molar-refractivity contribution in [1.82, 2.24) is 5.32 Å². The Balaban J connectivity index is 2.67. The SMILES string of the molecule is CC(C)NCC(Cc1cccc(Br)c1)C[Si](C)(C)C. The summed E-state index contributed by atoms with van der Waals surface area (Å²) in [5.41, 5.74) is 1.45. The molecule has 0 aliphatic rings. The zero-order valence-corrected chi connectivity index (χ0v) is 15.5. The first-order chi connectivity index (χ1) is 8.76. The standard InChI is InChI=1S/C16H28BrNSi/c1-13(2)18-11-15(12-19(3,4)5)9-14-7-6-8-16(17)10-14/h6-8,10,13,15,18H,9,11-12H2,1-5H3. The van der Waals surface area contributed by atoms with Crippen molar-refractivity contribution in [3.63, 3.8) is 0 Å². The highest BCUT2D eigenvalue weighted by molar-refractivity contribution is 9.10. The smallest absolute Gasteiger partial charge is 0.0446 e. The Morgan fingerprint density at radius 2 is 1.89 bits per heavy atom. The predicted octanol–water partition coefficient (Wildman–Crippen LogP) is 4.94.